The topological polar surface area (TPSA) is 83.6 Å². The number of amides is 1. The molecule has 2 aromatic rings. The summed E-state index contributed by atoms with van der Waals surface area (Å²) in [7, 11) is 0. The van der Waals surface area contributed by atoms with Crippen LogP contribution in [0.25, 0.3) is 10.8 Å². The van der Waals surface area contributed by atoms with E-state index in [1.54, 1.807) is 11.8 Å². The molecule has 1 atom stereocenters. The Morgan fingerprint density at radius 1 is 1.41 bits per heavy atom. The molecule has 1 amide bonds. The molecule has 0 aromatic carbocycles. The third-order valence-corrected chi connectivity index (χ3v) is 4.93. The van der Waals surface area contributed by atoms with Crippen molar-refractivity contribution in [2.75, 3.05) is 13.1 Å². The molecule has 2 aromatic heterocycles. The molecule has 6 nitrogen and oxygen atoms in total. The number of aromatic nitrogens is 1. The summed E-state index contributed by atoms with van der Waals surface area (Å²) in [5.41, 5.74) is 0.651. The molecule has 3 heterocycles. The maximum atomic E-state index is 12.6. The molecule has 0 saturated carbocycles. The number of aliphatic carboxylic acids is 1. The number of furan rings is 1. The summed E-state index contributed by atoms with van der Waals surface area (Å²) < 4.78 is 5.54. The van der Waals surface area contributed by atoms with E-state index in [2.05, 4.69) is 4.98 Å². The van der Waals surface area contributed by atoms with Crippen molar-refractivity contribution in [2.45, 2.75) is 20.3 Å². The summed E-state index contributed by atoms with van der Waals surface area (Å²) in [5, 5.41) is 9.70. The largest absolute Gasteiger partial charge is 0.481 e. The number of carbonyl (C=O) groups is 2. The van der Waals surface area contributed by atoms with E-state index in [1.165, 1.54) is 11.3 Å². The number of hydrogen-bond donors (Lipinski definition) is 1. The molecule has 7 heteroatoms. The molecule has 1 unspecified atom stereocenters. The van der Waals surface area contributed by atoms with Crippen molar-refractivity contribution < 1.29 is 19.1 Å². The minimum atomic E-state index is -0.844. The van der Waals surface area contributed by atoms with Crippen LogP contribution < -0.4 is 0 Å². The predicted octanol–water partition coefficient (Wildman–Crippen LogP) is 2.57. The summed E-state index contributed by atoms with van der Waals surface area (Å²) in [6, 6.07) is 3.68. The lowest BCUT2D eigenvalue weighted by Gasteiger charge is -2.14. The van der Waals surface area contributed by atoms with Crippen LogP contribution in [0.1, 0.15) is 27.5 Å². The van der Waals surface area contributed by atoms with Gasteiger partial charge in [0.2, 0.25) is 0 Å². The Balaban J connectivity index is 1.82. The molecule has 1 fully saturated rings. The van der Waals surface area contributed by atoms with E-state index < -0.39 is 11.9 Å². The quantitative estimate of drug-likeness (QED) is 0.939. The number of carboxylic acids is 1. The van der Waals surface area contributed by atoms with Crippen molar-refractivity contribution in [3.05, 3.63) is 28.5 Å². The summed E-state index contributed by atoms with van der Waals surface area (Å²) >= 11 is 1.29. The number of hydrogen-bond acceptors (Lipinski definition) is 5. The Labute approximate surface area is 131 Å². The molecule has 0 radical (unpaired) electrons. The first-order chi connectivity index (χ1) is 10.5. The van der Waals surface area contributed by atoms with Gasteiger partial charge in [-0.15, -0.1) is 11.3 Å². The van der Waals surface area contributed by atoms with E-state index in [9.17, 15) is 9.59 Å². The average Bonchev–Trinajstić information content (AvgIpc) is 3.16. The monoisotopic (exact) mass is 320 g/mol. The lowest BCUT2D eigenvalue weighted by atomic mass is 10.1. The number of carboxylic acid groups (broad SMARTS) is 1. The van der Waals surface area contributed by atoms with E-state index in [-0.39, 0.29) is 12.5 Å². The first-order valence-corrected chi connectivity index (χ1v) is 7.83. The molecular formula is C15H16N2O4S. The van der Waals surface area contributed by atoms with Crippen LogP contribution in [-0.2, 0) is 4.79 Å². The highest BCUT2D eigenvalue weighted by Crippen LogP contribution is 2.31. The standard InChI is InChI=1S/C15H16N2O4S/c1-8-3-4-11(21-8)13-16-9(2)12(22-13)14(18)17-6-5-10(7-17)15(19)20/h3-4,10H,5-7H2,1-2H3,(H,19,20). The molecule has 0 spiro atoms. The summed E-state index contributed by atoms with van der Waals surface area (Å²) in [5.74, 6) is -0.0187. The number of carbonyl (C=O) groups excluding carboxylic acids is 1. The molecule has 0 aliphatic carbocycles. The zero-order chi connectivity index (χ0) is 15.9. The minimum Gasteiger partial charge on any atom is -0.481 e. The maximum absolute atomic E-state index is 12.6. The molecule has 1 N–H and O–H groups in total. The highest BCUT2D eigenvalue weighted by Gasteiger charge is 2.33. The van der Waals surface area contributed by atoms with E-state index in [0.717, 1.165) is 5.76 Å². The molecule has 116 valence electrons. The predicted molar refractivity (Wildman–Crippen MR) is 80.9 cm³/mol. The summed E-state index contributed by atoms with van der Waals surface area (Å²) in [4.78, 5) is 30.1. The lowest BCUT2D eigenvalue weighted by Crippen LogP contribution is -2.29. The fourth-order valence-corrected chi connectivity index (χ4v) is 3.54. The van der Waals surface area contributed by atoms with Gasteiger partial charge in [0.25, 0.3) is 5.91 Å². The fraction of sp³-hybridized carbons (Fsp3) is 0.400. The third kappa shape index (κ3) is 2.64. The van der Waals surface area contributed by atoms with E-state index in [0.29, 0.717) is 34.3 Å². The second kappa shape index (κ2) is 5.57. The molecular weight excluding hydrogens is 304 g/mol. The zero-order valence-corrected chi connectivity index (χ0v) is 13.1. The van der Waals surface area contributed by atoms with Crippen molar-refractivity contribution in [3.63, 3.8) is 0 Å². The summed E-state index contributed by atoms with van der Waals surface area (Å²) in [6.07, 6.45) is 0.503. The molecule has 22 heavy (non-hydrogen) atoms. The fourth-order valence-electron chi connectivity index (χ4n) is 2.54. The van der Waals surface area contributed by atoms with Crippen LogP contribution in [0.5, 0.6) is 0 Å². The highest BCUT2D eigenvalue weighted by molar-refractivity contribution is 7.17. The first kappa shape index (κ1) is 14.8. The molecule has 1 aliphatic rings. The zero-order valence-electron chi connectivity index (χ0n) is 12.3. The number of aryl methyl sites for hydroxylation is 2. The maximum Gasteiger partial charge on any atom is 0.308 e. The van der Waals surface area contributed by atoms with Crippen LogP contribution in [0.3, 0.4) is 0 Å². The third-order valence-electron chi connectivity index (χ3n) is 3.77. The van der Waals surface area contributed by atoms with E-state index in [1.807, 2.05) is 19.1 Å². The Hall–Kier alpha value is -2.15. The Bertz CT molecular complexity index is 734. The molecule has 1 saturated heterocycles. The number of likely N-dealkylation sites (tertiary alicyclic amines) is 1. The SMILES string of the molecule is Cc1ccc(-c2nc(C)c(C(=O)N3CCC(C(=O)O)C3)s2)o1. The van der Waals surface area contributed by atoms with Gasteiger partial charge in [0.15, 0.2) is 10.8 Å². The van der Waals surface area contributed by atoms with Gasteiger partial charge in [0, 0.05) is 13.1 Å². The minimum absolute atomic E-state index is 0.145. The van der Waals surface area contributed by atoms with Gasteiger partial charge in [0.05, 0.1) is 11.6 Å². The van der Waals surface area contributed by atoms with Crippen molar-refractivity contribution in [2.24, 2.45) is 5.92 Å². The van der Waals surface area contributed by atoms with Gasteiger partial charge in [0.1, 0.15) is 10.6 Å². The van der Waals surface area contributed by atoms with Gasteiger partial charge in [-0.2, -0.15) is 0 Å². The van der Waals surface area contributed by atoms with Crippen LogP contribution >= 0.6 is 11.3 Å². The van der Waals surface area contributed by atoms with Crippen LogP contribution in [0.15, 0.2) is 16.5 Å². The van der Waals surface area contributed by atoms with Crippen LogP contribution in [0.2, 0.25) is 0 Å². The normalized spacial score (nSPS) is 17.9. The second-order valence-corrected chi connectivity index (χ2v) is 6.42. The van der Waals surface area contributed by atoms with Gasteiger partial charge in [-0.25, -0.2) is 4.98 Å². The van der Waals surface area contributed by atoms with Gasteiger partial charge in [-0.05, 0) is 32.4 Å². The molecule has 3 rings (SSSR count). The highest BCUT2D eigenvalue weighted by atomic mass is 32.1. The number of thiazole rings is 1. The lowest BCUT2D eigenvalue weighted by molar-refractivity contribution is -0.141. The van der Waals surface area contributed by atoms with Crippen LogP contribution in [0, 0.1) is 19.8 Å². The van der Waals surface area contributed by atoms with Crippen LogP contribution in [0.4, 0.5) is 0 Å². The van der Waals surface area contributed by atoms with Crippen LogP contribution in [-0.4, -0.2) is 40.0 Å². The smallest absolute Gasteiger partial charge is 0.308 e. The van der Waals surface area contributed by atoms with Gasteiger partial charge in [-0.1, -0.05) is 0 Å². The number of rotatable bonds is 3. The first-order valence-electron chi connectivity index (χ1n) is 7.02. The van der Waals surface area contributed by atoms with Crippen molar-refractivity contribution in [1.82, 2.24) is 9.88 Å². The van der Waals surface area contributed by atoms with Gasteiger partial charge in [-0.3, -0.25) is 9.59 Å². The van der Waals surface area contributed by atoms with Gasteiger partial charge < -0.3 is 14.4 Å². The second-order valence-electron chi connectivity index (χ2n) is 5.42. The Morgan fingerprint density at radius 2 is 2.18 bits per heavy atom. The van der Waals surface area contributed by atoms with Crippen molar-refractivity contribution in [3.8, 4) is 10.8 Å². The average molecular weight is 320 g/mol. The van der Waals surface area contributed by atoms with E-state index >= 15 is 0 Å². The van der Waals surface area contributed by atoms with Gasteiger partial charge >= 0.3 is 5.97 Å². The Kier molecular flexibility index (Phi) is 3.74. The molecule has 1 aliphatic heterocycles. The Morgan fingerprint density at radius 3 is 2.77 bits per heavy atom. The summed E-state index contributed by atoms with van der Waals surface area (Å²) in [6.45, 7) is 4.38. The molecule has 0 bridgehead atoms. The van der Waals surface area contributed by atoms with Crippen molar-refractivity contribution in [1.29, 1.82) is 0 Å². The number of nitrogens with zero attached hydrogens (tertiary/aromatic N) is 2. The van der Waals surface area contributed by atoms with E-state index in [4.69, 9.17) is 9.52 Å². The van der Waals surface area contributed by atoms with Crippen molar-refractivity contribution >= 4 is 23.2 Å².